The first-order valence-electron chi connectivity index (χ1n) is 19.9. The van der Waals surface area contributed by atoms with Gasteiger partial charge in [0.05, 0.1) is 12.5 Å². The highest BCUT2D eigenvalue weighted by Gasteiger charge is 2.34. The van der Waals surface area contributed by atoms with E-state index < -0.39 is 122 Å². The molecule has 0 bridgehead atoms. The molecule has 6 atom stereocenters. The molecule has 4 rings (SSSR count). The summed E-state index contributed by atoms with van der Waals surface area (Å²) in [5.74, 6) is -9.91. The standard InChI is InChI=1S/C43H50N8O12/c44-28(22-37(55)56)38(57)49-32(19-24-9-3-1-4-10-24)41(60)48-31(16-18-36(53)54)39(58)47-30(15-17-35(45)52)40(59)50-33(21-26-23-46-29-14-8-7-13-27(26)29)42(61)51-34(43(62)63)20-25-11-5-2-6-12-25/h1-14,23,28,30-34,46H,15-22,44H2,(H2,45,52)(H,47,58)(H,48,60)(H,49,57)(H,50,59)(H,51,61)(H,53,54)(H,55,56)(H,62,63)/t28-,30-,31-,32-,33-,34-/m0/s1. The molecule has 6 amide bonds. The van der Waals surface area contributed by atoms with E-state index in [2.05, 4.69) is 31.6 Å². The molecule has 0 saturated carbocycles. The molecule has 0 aliphatic heterocycles. The van der Waals surface area contributed by atoms with E-state index in [-0.39, 0.29) is 19.3 Å². The van der Waals surface area contributed by atoms with E-state index in [9.17, 15) is 53.4 Å². The van der Waals surface area contributed by atoms with Crippen LogP contribution < -0.4 is 38.1 Å². The Morgan fingerprint density at radius 2 is 0.968 bits per heavy atom. The molecule has 1 heterocycles. The lowest BCUT2D eigenvalue weighted by molar-refractivity contribution is -0.142. The summed E-state index contributed by atoms with van der Waals surface area (Å²) in [7, 11) is 0. The van der Waals surface area contributed by atoms with Gasteiger partial charge in [-0.15, -0.1) is 0 Å². The number of carbonyl (C=O) groups excluding carboxylic acids is 6. The van der Waals surface area contributed by atoms with Gasteiger partial charge in [-0.1, -0.05) is 78.9 Å². The van der Waals surface area contributed by atoms with Crippen LogP contribution in [-0.4, -0.2) is 110 Å². The van der Waals surface area contributed by atoms with E-state index in [1.165, 1.54) is 0 Å². The molecule has 1 aromatic heterocycles. The quantitative estimate of drug-likeness (QED) is 0.0406. The highest BCUT2D eigenvalue weighted by molar-refractivity contribution is 5.97. The van der Waals surface area contributed by atoms with Crippen molar-refractivity contribution in [3.8, 4) is 0 Å². The smallest absolute Gasteiger partial charge is 0.326 e. The second-order valence-electron chi connectivity index (χ2n) is 14.7. The van der Waals surface area contributed by atoms with Crippen molar-refractivity contribution in [2.75, 3.05) is 0 Å². The molecule has 13 N–H and O–H groups in total. The summed E-state index contributed by atoms with van der Waals surface area (Å²) in [4.78, 5) is 119. The van der Waals surface area contributed by atoms with Gasteiger partial charge in [-0.05, 0) is 35.6 Å². The number of amides is 6. The highest BCUT2D eigenvalue weighted by Crippen LogP contribution is 2.20. The van der Waals surface area contributed by atoms with E-state index >= 15 is 0 Å². The number of aromatic nitrogens is 1. The molecule has 20 nitrogen and oxygen atoms in total. The number of H-pyrrole nitrogens is 1. The van der Waals surface area contributed by atoms with Crippen molar-refractivity contribution in [1.82, 2.24) is 31.6 Å². The van der Waals surface area contributed by atoms with Crippen LogP contribution in [0.5, 0.6) is 0 Å². The van der Waals surface area contributed by atoms with Crippen LogP contribution in [-0.2, 0) is 62.4 Å². The average molecular weight is 871 g/mol. The van der Waals surface area contributed by atoms with Crippen molar-refractivity contribution < 1.29 is 58.5 Å². The van der Waals surface area contributed by atoms with Gasteiger partial charge in [0.15, 0.2) is 0 Å². The number of fused-ring (bicyclic) bond motifs is 1. The number of primary amides is 1. The van der Waals surface area contributed by atoms with Gasteiger partial charge in [0.25, 0.3) is 0 Å². The number of rotatable bonds is 25. The number of nitrogens with one attached hydrogen (secondary N) is 6. The normalized spacial score (nSPS) is 13.8. The fourth-order valence-corrected chi connectivity index (χ4v) is 6.58. The van der Waals surface area contributed by atoms with Gasteiger partial charge in [-0.3, -0.25) is 38.4 Å². The van der Waals surface area contributed by atoms with Crippen LogP contribution in [0.3, 0.4) is 0 Å². The summed E-state index contributed by atoms with van der Waals surface area (Å²) in [5.41, 5.74) is 13.6. The number of carboxylic acids is 3. The van der Waals surface area contributed by atoms with Crippen LogP contribution in [0.4, 0.5) is 0 Å². The monoisotopic (exact) mass is 870 g/mol. The van der Waals surface area contributed by atoms with Crippen LogP contribution in [0.2, 0.25) is 0 Å². The van der Waals surface area contributed by atoms with Crippen LogP contribution in [0.1, 0.15) is 48.8 Å². The fourth-order valence-electron chi connectivity index (χ4n) is 6.58. The molecular formula is C43H50N8O12. The van der Waals surface area contributed by atoms with Gasteiger partial charge in [0.1, 0.15) is 30.2 Å². The van der Waals surface area contributed by atoms with Crippen molar-refractivity contribution in [2.24, 2.45) is 11.5 Å². The number of hydrogen-bond acceptors (Lipinski definition) is 10. The molecule has 4 aromatic rings. The molecule has 63 heavy (non-hydrogen) atoms. The number of carboxylic acid groups (broad SMARTS) is 3. The third kappa shape index (κ3) is 15.4. The number of carbonyl (C=O) groups is 9. The Labute approximate surface area is 360 Å². The van der Waals surface area contributed by atoms with E-state index in [1.54, 1.807) is 91.1 Å². The maximum atomic E-state index is 14.1. The van der Waals surface area contributed by atoms with Crippen LogP contribution in [0.25, 0.3) is 10.9 Å². The first-order valence-corrected chi connectivity index (χ1v) is 19.9. The number of benzene rings is 3. The molecule has 0 unspecified atom stereocenters. The first-order chi connectivity index (χ1) is 30.0. The van der Waals surface area contributed by atoms with E-state index in [4.69, 9.17) is 16.6 Å². The van der Waals surface area contributed by atoms with Gasteiger partial charge in [0.2, 0.25) is 35.4 Å². The summed E-state index contributed by atoms with van der Waals surface area (Å²) in [6.07, 6.45) is -1.63. The topological polar surface area (TPSA) is 342 Å². The molecule has 0 fully saturated rings. The SMILES string of the molecule is NC(=O)CC[C@H](NC(=O)[C@H](CCC(=O)O)NC(=O)[C@H](Cc1ccccc1)NC(=O)[C@@H](N)CC(=O)O)C(=O)N[C@@H](Cc1c[nH]c2ccccc12)C(=O)N[C@@H](Cc1ccccc1)C(=O)O. The molecule has 0 spiro atoms. The lowest BCUT2D eigenvalue weighted by Crippen LogP contribution is -2.60. The second-order valence-corrected chi connectivity index (χ2v) is 14.7. The van der Waals surface area contributed by atoms with Crippen molar-refractivity contribution in [2.45, 2.75) is 87.6 Å². The van der Waals surface area contributed by atoms with Gasteiger partial charge in [-0.25, -0.2) is 4.79 Å². The summed E-state index contributed by atoms with van der Waals surface area (Å²) < 4.78 is 0. The Morgan fingerprint density at radius 1 is 0.524 bits per heavy atom. The second kappa shape index (κ2) is 23.4. The molecule has 20 heteroatoms. The van der Waals surface area contributed by atoms with E-state index in [1.807, 2.05) is 0 Å². The molecule has 0 radical (unpaired) electrons. The van der Waals surface area contributed by atoms with Gasteiger partial charge >= 0.3 is 17.9 Å². The average Bonchev–Trinajstić information content (AvgIpc) is 3.65. The van der Waals surface area contributed by atoms with Crippen molar-refractivity contribution >= 4 is 64.3 Å². The fraction of sp³-hybridized carbons (Fsp3) is 0.326. The Kier molecular flexibility index (Phi) is 17.9. The maximum Gasteiger partial charge on any atom is 0.326 e. The molecule has 3 aromatic carbocycles. The summed E-state index contributed by atoms with van der Waals surface area (Å²) in [6, 6.07) is 14.7. The number of aliphatic carboxylic acids is 3. The zero-order valence-electron chi connectivity index (χ0n) is 34.0. The lowest BCUT2D eigenvalue weighted by atomic mass is 10.0. The van der Waals surface area contributed by atoms with Crippen molar-refractivity contribution in [3.63, 3.8) is 0 Å². The van der Waals surface area contributed by atoms with E-state index in [0.717, 1.165) is 0 Å². The predicted octanol–water partition coefficient (Wildman–Crippen LogP) is -0.363. The van der Waals surface area contributed by atoms with Gasteiger partial charge < -0.3 is 58.4 Å². The number of para-hydroxylation sites is 1. The Hall–Kier alpha value is -7.61. The maximum absolute atomic E-state index is 14.1. The zero-order chi connectivity index (χ0) is 46.1. The minimum atomic E-state index is -1.67. The summed E-state index contributed by atoms with van der Waals surface area (Å²) in [6.45, 7) is 0. The number of hydrogen-bond donors (Lipinski definition) is 11. The molecule has 0 saturated heterocycles. The Morgan fingerprint density at radius 3 is 1.49 bits per heavy atom. The molecule has 334 valence electrons. The highest BCUT2D eigenvalue weighted by atomic mass is 16.4. The van der Waals surface area contributed by atoms with E-state index in [0.29, 0.717) is 27.6 Å². The third-order valence-corrected chi connectivity index (χ3v) is 9.87. The molecule has 0 aliphatic carbocycles. The van der Waals surface area contributed by atoms with Crippen LogP contribution in [0.15, 0.2) is 91.1 Å². The Balaban J connectivity index is 1.61. The van der Waals surface area contributed by atoms with Gasteiger partial charge in [0, 0.05) is 49.2 Å². The Bertz CT molecular complexity index is 2270. The van der Waals surface area contributed by atoms with Gasteiger partial charge in [-0.2, -0.15) is 0 Å². The van der Waals surface area contributed by atoms with Crippen molar-refractivity contribution in [1.29, 1.82) is 0 Å². The van der Waals surface area contributed by atoms with Crippen LogP contribution in [0, 0.1) is 0 Å². The number of nitrogens with two attached hydrogens (primary N) is 2. The molecular weight excluding hydrogens is 821 g/mol. The molecule has 0 aliphatic rings. The number of aromatic amines is 1. The predicted molar refractivity (Wildman–Crippen MR) is 225 cm³/mol. The van der Waals surface area contributed by atoms with Crippen molar-refractivity contribution in [3.05, 3.63) is 108 Å². The van der Waals surface area contributed by atoms with Crippen LogP contribution >= 0.6 is 0 Å². The zero-order valence-corrected chi connectivity index (χ0v) is 34.0. The minimum Gasteiger partial charge on any atom is -0.481 e. The minimum absolute atomic E-state index is 0.0958. The lowest BCUT2D eigenvalue weighted by Gasteiger charge is -2.27. The first kappa shape index (κ1) is 48.1. The summed E-state index contributed by atoms with van der Waals surface area (Å²) in [5, 5.41) is 41.6. The largest absolute Gasteiger partial charge is 0.481 e. The summed E-state index contributed by atoms with van der Waals surface area (Å²) >= 11 is 0. The third-order valence-electron chi connectivity index (χ3n) is 9.87.